The Bertz CT molecular complexity index is 421. The van der Waals surface area contributed by atoms with Gasteiger partial charge in [-0.25, -0.2) is 5.10 Å². The van der Waals surface area contributed by atoms with Crippen LogP contribution in [0.5, 0.6) is 0 Å². The van der Waals surface area contributed by atoms with E-state index in [0.29, 0.717) is 12.1 Å². The number of nitrogens with zero attached hydrogens (tertiary/aromatic N) is 1. The van der Waals surface area contributed by atoms with Crippen LogP contribution in [0.2, 0.25) is 5.02 Å². The molecular weight excluding hydrogens is 214 g/mol. The zero-order chi connectivity index (χ0) is 11.3. The smallest absolute Gasteiger partial charge is 0.285 e. The summed E-state index contributed by atoms with van der Waals surface area (Å²) in [5, 5.41) is 9.10. The highest BCUT2D eigenvalue weighted by Crippen LogP contribution is 2.17. The van der Waals surface area contributed by atoms with Gasteiger partial charge in [0.1, 0.15) is 5.02 Å². The Kier molecular flexibility index (Phi) is 4.19. The van der Waals surface area contributed by atoms with E-state index in [1.54, 1.807) is 0 Å². The molecular formula is C10H12ClN3O. The Morgan fingerprint density at radius 3 is 3.13 bits per heavy atom. The minimum absolute atomic E-state index is 0.107. The third kappa shape index (κ3) is 3.00. The first-order chi connectivity index (χ1) is 7.19. The van der Waals surface area contributed by atoms with Gasteiger partial charge in [0.05, 0.1) is 11.9 Å². The molecule has 0 radical (unpaired) electrons. The Hall–Kier alpha value is -1.47. The van der Waals surface area contributed by atoms with Crippen molar-refractivity contribution in [3.63, 3.8) is 0 Å². The molecule has 0 fully saturated rings. The van der Waals surface area contributed by atoms with E-state index >= 15 is 0 Å². The molecule has 4 nitrogen and oxygen atoms in total. The minimum Gasteiger partial charge on any atom is -0.379 e. The van der Waals surface area contributed by atoms with Crippen molar-refractivity contribution < 1.29 is 0 Å². The molecule has 1 heterocycles. The van der Waals surface area contributed by atoms with Crippen LogP contribution in [0, 0.1) is 12.3 Å². The Balaban J connectivity index is 2.84. The van der Waals surface area contributed by atoms with Gasteiger partial charge in [-0.1, -0.05) is 18.5 Å². The molecule has 0 saturated heterocycles. The average Bonchev–Trinajstić information content (AvgIpc) is 2.24. The lowest BCUT2D eigenvalue weighted by atomic mass is 10.1. The largest absolute Gasteiger partial charge is 0.379 e. The van der Waals surface area contributed by atoms with Crippen LogP contribution in [-0.4, -0.2) is 16.2 Å². The van der Waals surface area contributed by atoms with E-state index in [2.05, 4.69) is 21.4 Å². The fourth-order valence-electron chi connectivity index (χ4n) is 1.14. The average molecular weight is 226 g/mol. The van der Waals surface area contributed by atoms with Crippen molar-refractivity contribution in [1.29, 1.82) is 0 Å². The second-order valence-corrected chi connectivity index (χ2v) is 3.46. The summed E-state index contributed by atoms with van der Waals surface area (Å²) in [5.74, 6) is 2.56. The molecule has 0 amide bonds. The predicted molar refractivity (Wildman–Crippen MR) is 61.0 cm³/mol. The number of aromatic nitrogens is 2. The van der Waals surface area contributed by atoms with Gasteiger partial charge >= 0.3 is 0 Å². The number of hydrogen-bond donors (Lipinski definition) is 2. The van der Waals surface area contributed by atoms with Crippen LogP contribution < -0.4 is 10.9 Å². The number of aromatic amines is 1. The van der Waals surface area contributed by atoms with Gasteiger partial charge in [0.25, 0.3) is 5.56 Å². The number of terminal acetylenes is 1. The van der Waals surface area contributed by atoms with Gasteiger partial charge in [0.15, 0.2) is 0 Å². The summed E-state index contributed by atoms with van der Waals surface area (Å²) in [6, 6.07) is 0.107. The summed E-state index contributed by atoms with van der Waals surface area (Å²) >= 11 is 5.80. The predicted octanol–water partition coefficient (Wildman–Crippen LogP) is 1.64. The van der Waals surface area contributed by atoms with Gasteiger partial charge in [-0.15, -0.1) is 12.3 Å². The van der Waals surface area contributed by atoms with Crippen molar-refractivity contribution in [3.05, 3.63) is 21.6 Å². The Morgan fingerprint density at radius 1 is 1.80 bits per heavy atom. The lowest BCUT2D eigenvalue weighted by Crippen LogP contribution is -2.20. The number of rotatable bonds is 4. The highest BCUT2D eigenvalue weighted by atomic mass is 35.5. The molecule has 1 atom stereocenters. The fraction of sp³-hybridized carbons (Fsp3) is 0.400. The van der Waals surface area contributed by atoms with E-state index in [-0.39, 0.29) is 11.1 Å². The van der Waals surface area contributed by atoms with Crippen LogP contribution in [0.4, 0.5) is 5.69 Å². The maximum atomic E-state index is 11.1. The molecule has 0 aliphatic heterocycles. The Labute approximate surface area is 93.0 Å². The minimum atomic E-state index is -0.405. The molecule has 1 aromatic rings. The summed E-state index contributed by atoms with van der Waals surface area (Å²) < 4.78 is 0. The van der Waals surface area contributed by atoms with Gasteiger partial charge in [-0.05, 0) is 6.42 Å². The third-order valence-corrected chi connectivity index (χ3v) is 2.39. The highest BCUT2D eigenvalue weighted by Gasteiger charge is 2.09. The molecule has 0 saturated carbocycles. The van der Waals surface area contributed by atoms with Crippen molar-refractivity contribution >= 4 is 17.3 Å². The lowest BCUT2D eigenvalue weighted by molar-refractivity contribution is 0.714. The van der Waals surface area contributed by atoms with Crippen LogP contribution in [-0.2, 0) is 0 Å². The molecule has 1 rings (SSSR count). The van der Waals surface area contributed by atoms with Crippen molar-refractivity contribution in [2.75, 3.05) is 5.32 Å². The molecule has 0 aliphatic carbocycles. The SMILES string of the molecule is C#CCC(CC)Nc1cn[nH]c(=O)c1Cl. The summed E-state index contributed by atoms with van der Waals surface area (Å²) in [6.45, 7) is 2.00. The van der Waals surface area contributed by atoms with Crippen molar-refractivity contribution in [2.45, 2.75) is 25.8 Å². The van der Waals surface area contributed by atoms with E-state index < -0.39 is 5.56 Å². The summed E-state index contributed by atoms with van der Waals surface area (Å²) in [7, 11) is 0. The van der Waals surface area contributed by atoms with Crippen LogP contribution in [0.3, 0.4) is 0 Å². The standard InChI is InChI=1S/C10H12ClN3O/c1-3-5-7(4-2)13-8-6-12-14-10(15)9(8)11/h1,6-7H,4-5H2,2H3,(H2,13,14,15). The molecule has 80 valence electrons. The molecule has 0 bridgehead atoms. The first kappa shape index (κ1) is 11.6. The van der Waals surface area contributed by atoms with Gasteiger partial charge < -0.3 is 5.32 Å². The zero-order valence-corrected chi connectivity index (χ0v) is 9.14. The second kappa shape index (κ2) is 5.42. The fourth-order valence-corrected chi connectivity index (χ4v) is 1.29. The van der Waals surface area contributed by atoms with Crippen LogP contribution >= 0.6 is 11.6 Å². The van der Waals surface area contributed by atoms with Gasteiger partial charge in [0, 0.05) is 12.5 Å². The van der Waals surface area contributed by atoms with Crippen molar-refractivity contribution in [2.24, 2.45) is 0 Å². The summed E-state index contributed by atoms with van der Waals surface area (Å²) in [5.41, 5.74) is 0.111. The number of hydrogen-bond acceptors (Lipinski definition) is 3. The molecule has 15 heavy (non-hydrogen) atoms. The van der Waals surface area contributed by atoms with E-state index in [4.69, 9.17) is 18.0 Å². The molecule has 0 aromatic carbocycles. The molecule has 1 unspecified atom stereocenters. The number of anilines is 1. The van der Waals surface area contributed by atoms with Crippen LogP contribution in [0.1, 0.15) is 19.8 Å². The van der Waals surface area contributed by atoms with E-state index in [9.17, 15) is 4.79 Å². The molecule has 5 heteroatoms. The zero-order valence-electron chi connectivity index (χ0n) is 8.38. The second-order valence-electron chi connectivity index (χ2n) is 3.08. The maximum Gasteiger partial charge on any atom is 0.285 e. The van der Waals surface area contributed by atoms with Crippen molar-refractivity contribution in [1.82, 2.24) is 10.2 Å². The highest BCUT2D eigenvalue weighted by molar-refractivity contribution is 6.32. The van der Waals surface area contributed by atoms with Gasteiger partial charge in [-0.3, -0.25) is 4.79 Å². The van der Waals surface area contributed by atoms with E-state index in [1.165, 1.54) is 6.20 Å². The quantitative estimate of drug-likeness (QED) is 0.766. The van der Waals surface area contributed by atoms with Crippen molar-refractivity contribution in [3.8, 4) is 12.3 Å². The first-order valence-corrected chi connectivity index (χ1v) is 5.00. The van der Waals surface area contributed by atoms with Crippen LogP contribution in [0.15, 0.2) is 11.0 Å². The summed E-state index contributed by atoms with van der Waals surface area (Å²) in [6.07, 6.45) is 8.13. The molecule has 0 spiro atoms. The van der Waals surface area contributed by atoms with Gasteiger partial charge in [-0.2, -0.15) is 5.10 Å². The number of nitrogens with one attached hydrogen (secondary N) is 2. The number of halogens is 1. The first-order valence-electron chi connectivity index (χ1n) is 4.62. The summed E-state index contributed by atoms with van der Waals surface area (Å²) in [4.78, 5) is 11.1. The molecule has 1 aromatic heterocycles. The maximum absolute atomic E-state index is 11.1. The van der Waals surface area contributed by atoms with Crippen LogP contribution in [0.25, 0.3) is 0 Å². The molecule has 2 N–H and O–H groups in total. The monoisotopic (exact) mass is 225 g/mol. The number of H-pyrrole nitrogens is 1. The molecule has 0 aliphatic rings. The lowest BCUT2D eigenvalue weighted by Gasteiger charge is -2.15. The van der Waals surface area contributed by atoms with Gasteiger partial charge in [0.2, 0.25) is 0 Å². The van der Waals surface area contributed by atoms with E-state index in [0.717, 1.165) is 6.42 Å². The topological polar surface area (TPSA) is 57.8 Å². The normalized spacial score (nSPS) is 11.8. The third-order valence-electron chi connectivity index (χ3n) is 2.01. The Morgan fingerprint density at radius 2 is 2.53 bits per heavy atom. The van der Waals surface area contributed by atoms with E-state index in [1.807, 2.05) is 6.92 Å².